The summed E-state index contributed by atoms with van der Waals surface area (Å²) < 4.78 is 13.9. The molecule has 5 heteroatoms. The second-order valence-electron chi connectivity index (χ2n) is 13.3. The lowest BCUT2D eigenvalue weighted by Crippen LogP contribution is -2.67. The number of rotatable bonds is 10. The molecule has 1 atom stereocenters. The molecule has 0 aliphatic rings. The number of hydrogen-bond acceptors (Lipinski definition) is 3. The molecule has 3 nitrogen and oxygen atoms in total. The van der Waals surface area contributed by atoms with E-state index in [-0.39, 0.29) is 22.0 Å². The van der Waals surface area contributed by atoms with Crippen molar-refractivity contribution >= 4 is 43.4 Å². The van der Waals surface area contributed by atoms with Gasteiger partial charge in [0.2, 0.25) is 0 Å². The van der Waals surface area contributed by atoms with Gasteiger partial charge in [-0.25, -0.2) is 0 Å². The lowest BCUT2D eigenvalue weighted by atomic mass is 10.1. The Hall–Kier alpha value is -3.26. The second kappa shape index (κ2) is 12.9. The van der Waals surface area contributed by atoms with E-state index in [2.05, 4.69) is 126 Å². The Bertz CT molecular complexity index is 1330. The fourth-order valence-electron chi connectivity index (χ4n) is 6.17. The quantitative estimate of drug-likeness (QED) is 0.192. The summed E-state index contributed by atoms with van der Waals surface area (Å²) in [5.74, 6) is -0.472. The fraction of sp³-hybridized carbons (Fsp3) is 0.324. The van der Waals surface area contributed by atoms with E-state index in [1.54, 1.807) is 0 Å². The second-order valence-corrected chi connectivity index (χ2v) is 21.8. The summed E-state index contributed by atoms with van der Waals surface area (Å²) in [6, 6.07) is 42.0. The van der Waals surface area contributed by atoms with Crippen LogP contribution in [0.5, 0.6) is 0 Å². The third-order valence-electron chi connectivity index (χ3n) is 8.36. The minimum atomic E-state index is -2.97. The molecule has 0 saturated heterocycles. The van der Waals surface area contributed by atoms with Crippen molar-refractivity contribution in [1.82, 2.24) is 0 Å². The van der Waals surface area contributed by atoms with Gasteiger partial charge in [-0.2, -0.15) is 0 Å². The predicted octanol–water partition coefficient (Wildman–Crippen LogP) is 6.69. The van der Waals surface area contributed by atoms with Gasteiger partial charge < -0.3 is 8.85 Å². The summed E-state index contributed by atoms with van der Waals surface area (Å²) in [7, 11) is -5.64. The number of benzene rings is 4. The van der Waals surface area contributed by atoms with Crippen LogP contribution < -0.4 is 20.7 Å². The van der Waals surface area contributed by atoms with Crippen molar-refractivity contribution in [1.29, 1.82) is 0 Å². The van der Waals surface area contributed by atoms with Crippen molar-refractivity contribution < 1.29 is 13.6 Å². The maximum atomic E-state index is 14.0. The van der Waals surface area contributed by atoms with Crippen LogP contribution in [0.1, 0.15) is 54.9 Å². The molecular weight excluding hydrogens is 549 g/mol. The third-order valence-corrected chi connectivity index (χ3v) is 18.3. The van der Waals surface area contributed by atoms with Gasteiger partial charge in [-0.3, -0.25) is 4.79 Å². The minimum absolute atomic E-state index is 0.117. The van der Waals surface area contributed by atoms with E-state index in [9.17, 15) is 4.79 Å². The molecule has 0 bridgehead atoms. The number of carbonyl (C=O) groups is 1. The molecule has 0 radical (unpaired) electrons. The van der Waals surface area contributed by atoms with Crippen LogP contribution in [0.25, 0.3) is 0 Å². The molecule has 4 aromatic carbocycles. The first-order valence-electron chi connectivity index (χ1n) is 15.0. The smallest absolute Gasteiger partial charge is 0.323 e. The summed E-state index contributed by atoms with van der Waals surface area (Å²) >= 11 is 0. The Morgan fingerprint density at radius 2 is 0.881 bits per heavy atom. The van der Waals surface area contributed by atoms with E-state index < -0.39 is 16.6 Å². The molecule has 0 N–H and O–H groups in total. The maximum absolute atomic E-state index is 14.0. The maximum Gasteiger partial charge on any atom is 0.323 e. The number of carbonyl (C=O) groups excluding carboxylic acids is 1. The molecule has 0 amide bonds. The van der Waals surface area contributed by atoms with Crippen LogP contribution in [0.15, 0.2) is 121 Å². The van der Waals surface area contributed by atoms with Crippen molar-refractivity contribution in [2.24, 2.45) is 5.92 Å². The molecule has 0 aromatic heterocycles. The van der Waals surface area contributed by atoms with Crippen molar-refractivity contribution in [2.45, 2.75) is 65.0 Å². The fourth-order valence-corrected chi connectivity index (χ4v) is 15.2. The molecule has 0 fully saturated rings. The van der Waals surface area contributed by atoms with E-state index in [4.69, 9.17) is 8.85 Å². The van der Waals surface area contributed by atoms with Crippen LogP contribution in [0.3, 0.4) is 0 Å². The van der Waals surface area contributed by atoms with Gasteiger partial charge in [0.15, 0.2) is 0 Å². The summed E-state index contributed by atoms with van der Waals surface area (Å²) in [6.07, 6.45) is 0.585. The van der Waals surface area contributed by atoms with E-state index in [0.717, 1.165) is 10.4 Å². The third kappa shape index (κ3) is 6.24. The largest absolute Gasteiger partial charge is 0.509 e. The summed E-state index contributed by atoms with van der Waals surface area (Å²) in [5, 5.41) is 4.31. The van der Waals surface area contributed by atoms with Gasteiger partial charge in [-0.15, -0.1) is 0 Å². The van der Waals surface area contributed by atoms with E-state index in [1.165, 1.54) is 10.4 Å². The molecule has 0 aliphatic carbocycles. The van der Waals surface area contributed by atoms with E-state index in [0.29, 0.717) is 13.0 Å². The lowest BCUT2D eigenvalue weighted by Gasteiger charge is -2.43. The zero-order chi connectivity index (χ0) is 30.4. The summed E-state index contributed by atoms with van der Waals surface area (Å²) in [6.45, 7) is 15.9. The highest BCUT2D eigenvalue weighted by atomic mass is 28.4. The summed E-state index contributed by atoms with van der Waals surface area (Å²) in [4.78, 5) is 14.0. The highest BCUT2D eigenvalue weighted by molar-refractivity contribution is 7.00. The molecule has 1 unspecified atom stereocenters. The molecule has 0 aliphatic heterocycles. The van der Waals surface area contributed by atoms with Crippen molar-refractivity contribution in [3.63, 3.8) is 0 Å². The van der Waals surface area contributed by atoms with Crippen molar-refractivity contribution in [3.8, 4) is 0 Å². The standard InChI is InChI=1S/C37H46O3Si2/c1-30(28-29-39-41(36(2,3)4,31-20-12-8-13-21-31)32-22-14-9-15-23-32)35(38)40-42(37(5,6)7,33-24-16-10-17-25-33)34-26-18-11-19-27-34/h8-27,30H,28-29H2,1-7H3. The summed E-state index contributed by atoms with van der Waals surface area (Å²) in [5.41, 5.74) is 0. The minimum Gasteiger partial charge on any atom is -0.509 e. The van der Waals surface area contributed by atoms with Crippen LogP contribution in [0.2, 0.25) is 10.1 Å². The molecule has 42 heavy (non-hydrogen) atoms. The van der Waals surface area contributed by atoms with Crippen LogP contribution in [0.4, 0.5) is 0 Å². The Morgan fingerprint density at radius 1 is 0.571 bits per heavy atom. The zero-order valence-corrected chi connectivity index (χ0v) is 28.3. The van der Waals surface area contributed by atoms with E-state index >= 15 is 0 Å². The molecule has 4 aromatic rings. The molecule has 0 spiro atoms. The van der Waals surface area contributed by atoms with Gasteiger partial charge in [-0.1, -0.05) is 170 Å². The Balaban J connectivity index is 1.63. The topological polar surface area (TPSA) is 35.5 Å². The normalized spacial score (nSPS) is 13.4. The van der Waals surface area contributed by atoms with Crippen LogP contribution in [-0.4, -0.2) is 29.2 Å². The van der Waals surface area contributed by atoms with Crippen molar-refractivity contribution in [2.75, 3.05) is 6.61 Å². The molecule has 4 rings (SSSR count). The van der Waals surface area contributed by atoms with Gasteiger partial charge in [0.1, 0.15) is 0 Å². The van der Waals surface area contributed by atoms with Gasteiger partial charge in [-0.05, 0) is 37.2 Å². The zero-order valence-electron chi connectivity index (χ0n) is 26.3. The van der Waals surface area contributed by atoms with E-state index in [1.807, 2.05) is 43.3 Å². The Morgan fingerprint density at radius 3 is 1.19 bits per heavy atom. The Kier molecular flexibility index (Phi) is 9.76. The van der Waals surface area contributed by atoms with Crippen molar-refractivity contribution in [3.05, 3.63) is 121 Å². The highest BCUT2D eigenvalue weighted by Crippen LogP contribution is 2.38. The van der Waals surface area contributed by atoms with Crippen LogP contribution >= 0.6 is 0 Å². The van der Waals surface area contributed by atoms with Crippen LogP contribution in [-0.2, 0) is 13.6 Å². The van der Waals surface area contributed by atoms with Crippen LogP contribution in [0, 0.1) is 5.92 Å². The first-order chi connectivity index (χ1) is 19.9. The lowest BCUT2D eigenvalue weighted by molar-refractivity contribution is -0.139. The Labute approximate surface area is 255 Å². The number of hydrogen-bond donors (Lipinski definition) is 0. The SMILES string of the molecule is CC(CCO[Si](c1ccccc1)(c1ccccc1)C(C)(C)C)C(=O)O[Si](c1ccccc1)(c1ccccc1)C(C)(C)C. The van der Waals surface area contributed by atoms with Gasteiger partial charge in [0.25, 0.3) is 14.3 Å². The molecule has 0 saturated carbocycles. The monoisotopic (exact) mass is 594 g/mol. The average Bonchev–Trinajstić information content (AvgIpc) is 2.98. The molecule has 0 heterocycles. The average molecular weight is 595 g/mol. The first kappa shape index (κ1) is 31.7. The first-order valence-corrected chi connectivity index (χ1v) is 18.8. The molecule has 220 valence electrons. The highest BCUT2D eigenvalue weighted by Gasteiger charge is 2.54. The van der Waals surface area contributed by atoms with Gasteiger partial charge in [0.05, 0.1) is 5.92 Å². The molecular formula is C37H46O3Si2. The van der Waals surface area contributed by atoms with Gasteiger partial charge >= 0.3 is 8.32 Å². The predicted molar refractivity (Wildman–Crippen MR) is 181 cm³/mol. The van der Waals surface area contributed by atoms with Gasteiger partial charge in [0, 0.05) is 6.61 Å².